The van der Waals surface area contributed by atoms with E-state index in [0.29, 0.717) is 5.56 Å². The molecule has 0 bridgehead atoms. The number of sulfone groups is 1. The molecule has 0 saturated carbocycles. The van der Waals surface area contributed by atoms with Crippen LogP contribution in [0.25, 0.3) is 0 Å². The third-order valence-electron chi connectivity index (χ3n) is 1.68. The number of phenols is 2. The van der Waals surface area contributed by atoms with E-state index in [-0.39, 0.29) is 16.4 Å². The standard InChI is InChI=1S/C8H10O4S/c1-5-3-7(10)8(4-6(5)9)13(2,11)12/h3-4,9-10H,1-2H3. The number of aromatic hydroxyl groups is 2. The molecule has 0 amide bonds. The van der Waals surface area contributed by atoms with Crippen molar-refractivity contribution in [1.29, 1.82) is 0 Å². The average molecular weight is 202 g/mol. The largest absolute Gasteiger partial charge is 0.508 e. The minimum Gasteiger partial charge on any atom is -0.508 e. The fraction of sp³-hybridized carbons (Fsp3) is 0.250. The van der Waals surface area contributed by atoms with Crippen LogP contribution in [0.5, 0.6) is 11.5 Å². The van der Waals surface area contributed by atoms with Crippen LogP contribution < -0.4 is 0 Å². The van der Waals surface area contributed by atoms with Crippen LogP contribution in [0, 0.1) is 6.92 Å². The van der Waals surface area contributed by atoms with Crippen molar-refractivity contribution in [2.24, 2.45) is 0 Å². The lowest BCUT2D eigenvalue weighted by Gasteiger charge is -2.04. The molecule has 13 heavy (non-hydrogen) atoms. The van der Waals surface area contributed by atoms with Crippen LogP contribution in [0.15, 0.2) is 17.0 Å². The molecule has 5 heteroatoms. The van der Waals surface area contributed by atoms with E-state index >= 15 is 0 Å². The van der Waals surface area contributed by atoms with E-state index in [0.717, 1.165) is 12.3 Å². The summed E-state index contributed by atoms with van der Waals surface area (Å²) < 4.78 is 22.1. The molecule has 0 fully saturated rings. The highest BCUT2D eigenvalue weighted by Gasteiger charge is 2.14. The van der Waals surface area contributed by atoms with Crippen molar-refractivity contribution in [3.05, 3.63) is 17.7 Å². The highest BCUT2D eigenvalue weighted by atomic mass is 32.2. The van der Waals surface area contributed by atoms with Gasteiger partial charge in [-0.05, 0) is 18.6 Å². The Morgan fingerprint density at radius 2 is 1.69 bits per heavy atom. The molecule has 0 aliphatic rings. The van der Waals surface area contributed by atoms with Crippen LogP contribution in [-0.2, 0) is 9.84 Å². The van der Waals surface area contributed by atoms with Gasteiger partial charge in [0.15, 0.2) is 9.84 Å². The molecule has 0 heterocycles. The van der Waals surface area contributed by atoms with Gasteiger partial charge in [0.25, 0.3) is 0 Å². The summed E-state index contributed by atoms with van der Waals surface area (Å²) >= 11 is 0. The molecule has 0 atom stereocenters. The second-order valence-electron chi connectivity index (χ2n) is 2.88. The van der Waals surface area contributed by atoms with Crippen molar-refractivity contribution < 1.29 is 18.6 Å². The second-order valence-corrected chi connectivity index (χ2v) is 4.86. The van der Waals surface area contributed by atoms with Crippen LogP contribution in [-0.4, -0.2) is 24.9 Å². The molecule has 0 saturated heterocycles. The minimum atomic E-state index is -3.48. The average Bonchev–Trinajstić information content (AvgIpc) is 1.94. The van der Waals surface area contributed by atoms with Crippen LogP contribution in [0.3, 0.4) is 0 Å². The molecule has 0 aromatic heterocycles. The van der Waals surface area contributed by atoms with Gasteiger partial charge < -0.3 is 10.2 Å². The molecule has 0 radical (unpaired) electrons. The van der Waals surface area contributed by atoms with Gasteiger partial charge in [-0.15, -0.1) is 0 Å². The highest BCUT2D eigenvalue weighted by molar-refractivity contribution is 7.90. The normalized spacial score (nSPS) is 11.5. The van der Waals surface area contributed by atoms with Gasteiger partial charge in [0, 0.05) is 12.3 Å². The van der Waals surface area contributed by atoms with Gasteiger partial charge >= 0.3 is 0 Å². The molecule has 72 valence electrons. The summed E-state index contributed by atoms with van der Waals surface area (Å²) in [6.07, 6.45) is 0.969. The van der Waals surface area contributed by atoms with Gasteiger partial charge in [0.1, 0.15) is 16.4 Å². The summed E-state index contributed by atoms with van der Waals surface area (Å²) in [5.41, 5.74) is 0.435. The van der Waals surface area contributed by atoms with Crippen molar-refractivity contribution >= 4 is 9.84 Å². The fourth-order valence-corrected chi connectivity index (χ4v) is 1.72. The first-order valence-corrected chi connectivity index (χ1v) is 5.44. The maximum absolute atomic E-state index is 11.0. The fourth-order valence-electron chi connectivity index (χ4n) is 0.959. The zero-order valence-electron chi connectivity index (χ0n) is 7.27. The van der Waals surface area contributed by atoms with E-state index in [2.05, 4.69) is 0 Å². The zero-order chi connectivity index (χ0) is 10.2. The third-order valence-corrected chi connectivity index (χ3v) is 2.80. The lowest BCUT2D eigenvalue weighted by Crippen LogP contribution is -1.97. The van der Waals surface area contributed by atoms with Crippen LogP contribution in [0.1, 0.15) is 5.56 Å². The Kier molecular flexibility index (Phi) is 2.21. The number of benzene rings is 1. The molecule has 1 rings (SSSR count). The maximum Gasteiger partial charge on any atom is 0.179 e. The van der Waals surface area contributed by atoms with Crippen LogP contribution in [0.2, 0.25) is 0 Å². The van der Waals surface area contributed by atoms with E-state index in [1.807, 2.05) is 0 Å². The van der Waals surface area contributed by atoms with Crippen LogP contribution >= 0.6 is 0 Å². The molecule has 2 N–H and O–H groups in total. The number of rotatable bonds is 1. The first kappa shape index (κ1) is 9.85. The number of hydrogen-bond donors (Lipinski definition) is 2. The smallest absolute Gasteiger partial charge is 0.179 e. The van der Waals surface area contributed by atoms with Crippen molar-refractivity contribution in [3.8, 4) is 11.5 Å². The lowest BCUT2D eigenvalue weighted by atomic mass is 10.2. The number of aryl methyl sites for hydroxylation is 1. The first-order chi connectivity index (χ1) is 5.82. The van der Waals surface area contributed by atoms with E-state index in [9.17, 15) is 18.6 Å². The van der Waals surface area contributed by atoms with Crippen molar-refractivity contribution in [2.75, 3.05) is 6.26 Å². The number of hydrogen-bond acceptors (Lipinski definition) is 4. The van der Waals surface area contributed by atoms with Gasteiger partial charge in [-0.3, -0.25) is 0 Å². The molecule has 0 aliphatic carbocycles. The second kappa shape index (κ2) is 2.92. The predicted molar refractivity (Wildman–Crippen MR) is 47.6 cm³/mol. The molecular formula is C8H10O4S. The third kappa shape index (κ3) is 1.92. The Morgan fingerprint density at radius 3 is 2.15 bits per heavy atom. The van der Waals surface area contributed by atoms with Crippen molar-refractivity contribution in [2.45, 2.75) is 11.8 Å². The molecule has 1 aromatic rings. The lowest BCUT2D eigenvalue weighted by molar-refractivity contribution is 0.443. The van der Waals surface area contributed by atoms with Gasteiger partial charge in [-0.1, -0.05) is 0 Å². The Hall–Kier alpha value is -1.23. The summed E-state index contributed by atoms with van der Waals surface area (Å²) in [6.45, 7) is 1.57. The summed E-state index contributed by atoms with van der Waals surface area (Å²) in [7, 11) is -3.48. The van der Waals surface area contributed by atoms with E-state index in [1.54, 1.807) is 6.92 Å². The van der Waals surface area contributed by atoms with E-state index in [1.165, 1.54) is 6.07 Å². The van der Waals surface area contributed by atoms with Gasteiger partial charge in [-0.25, -0.2) is 8.42 Å². The quantitative estimate of drug-likeness (QED) is 0.661. The predicted octanol–water partition coefficient (Wildman–Crippen LogP) is 0.810. The van der Waals surface area contributed by atoms with Crippen LogP contribution in [0.4, 0.5) is 0 Å². The summed E-state index contributed by atoms with van der Waals surface area (Å²) in [6, 6.07) is 2.26. The Labute approximate surface area is 76.4 Å². The van der Waals surface area contributed by atoms with Gasteiger partial charge in [0.2, 0.25) is 0 Å². The highest BCUT2D eigenvalue weighted by Crippen LogP contribution is 2.29. The Morgan fingerprint density at radius 1 is 1.15 bits per heavy atom. The SMILES string of the molecule is Cc1cc(O)c(S(C)(=O)=O)cc1O. The summed E-state index contributed by atoms with van der Waals surface area (Å²) in [4.78, 5) is -0.254. The van der Waals surface area contributed by atoms with E-state index < -0.39 is 9.84 Å². The van der Waals surface area contributed by atoms with E-state index in [4.69, 9.17) is 0 Å². The monoisotopic (exact) mass is 202 g/mol. The van der Waals surface area contributed by atoms with Gasteiger partial charge in [-0.2, -0.15) is 0 Å². The molecule has 4 nitrogen and oxygen atoms in total. The minimum absolute atomic E-state index is 0.141. The topological polar surface area (TPSA) is 74.6 Å². The van der Waals surface area contributed by atoms with Crippen molar-refractivity contribution in [1.82, 2.24) is 0 Å². The molecular weight excluding hydrogens is 192 g/mol. The Bertz CT molecular complexity index is 434. The molecule has 0 spiro atoms. The summed E-state index contributed by atoms with van der Waals surface area (Å²) in [5, 5.41) is 18.5. The maximum atomic E-state index is 11.0. The molecule has 1 aromatic carbocycles. The Balaban J connectivity index is 3.50. The summed E-state index contributed by atoms with van der Waals surface area (Å²) in [5.74, 6) is -0.476. The molecule has 0 unspecified atom stereocenters. The number of phenolic OH excluding ortho intramolecular Hbond substituents is 2. The first-order valence-electron chi connectivity index (χ1n) is 3.55. The zero-order valence-corrected chi connectivity index (χ0v) is 8.09. The molecule has 0 aliphatic heterocycles. The van der Waals surface area contributed by atoms with Gasteiger partial charge in [0.05, 0.1) is 0 Å². The van der Waals surface area contributed by atoms with Crippen molar-refractivity contribution in [3.63, 3.8) is 0 Å².